The molecule has 10 heteroatoms. The topological polar surface area (TPSA) is 151 Å². The molecule has 9 nitrogen and oxygen atoms in total. The Kier molecular flexibility index (Phi) is 12.4. The molecule has 0 aliphatic heterocycles. The summed E-state index contributed by atoms with van der Waals surface area (Å²) in [5.41, 5.74) is 6.81. The lowest BCUT2D eigenvalue weighted by molar-refractivity contribution is -0.142. The number of hydrogen-bond acceptors (Lipinski definition) is 6. The summed E-state index contributed by atoms with van der Waals surface area (Å²) in [4.78, 5) is 48.6. The van der Waals surface area contributed by atoms with Crippen LogP contribution in [0.5, 0.6) is 0 Å². The van der Waals surface area contributed by atoms with E-state index in [4.69, 9.17) is 5.73 Å². The highest BCUT2D eigenvalue weighted by atomic mass is 32.2. The molecule has 0 bridgehead atoms. The Balaban J connectivity index is 2.61. The van der Waals surface area contributed by atoms with E-state index in [1.165, 1.54) is 11.8 Å². The number of rotatable bonds is 14. The Morgan fingerprint density at radius 2 is 1.69 bits per heavy atom. The van der Waals surface area contributed by atoms with Crippen LogP contribution in [0.3, 0.4) is 0 Å². The minimum atomic E-state index is -1.12. The van der Waals surface area contributed by atoms with Gasteiger partial charge in [0.2, 0.25) is 17.7 Å². The third kappa shape index (κ3) is 10.6. The van der Waals surface area contributed by atoms with Gasteiger partial charge in [0, 0.05) is 0 Å². The van der Waals surface area contributed by atoms with Crippen molar-refractivity contribution in [3.05, 3.63) is 35.9 Å². The van der Waals surface area contributed by atoms with Gasteiger partial charge in [0.25, 0.3) is 0 Å². The van der Waals surface area contributed by atoms with Crippen LogP contribution in [0.15, 0.2) is 30.3 Å². The zero-order valence-corrected chi connectivity index (χ0v) is 19.6. The summed E-state index contributed by atoms with van der Waals surface area (Å²) in [5.74, 6) is -2.05. The van der Waals surface area contributed by atoms with Crippen molar-refractivity contribution in [2.75, 3.05) is 18.6 Å². The van der Waals surface area contributed by atoms with Gasteiger partial charge in [0.05, 0.1) is 12.6 Å². The van der Waals surface area contributed by atoms with Crippen molar-refractivity contribution in [2.24, 2.45) is 11.7 Å². The van der Waals surface area contributed by atoms with Gasteiger partial charge in [0.1, 0.15) is 12.1 Å². The summed E-state index contributed by atoms with van der Waals surface area (Å²) in [7, 11) is 0. The van der Waals surface area contributed by atoms with E-state index in [9.17, 15) is 24.3 Å². The van der Waals surface area contributed by atoms with Gasteiger partial charge in [-0.3, -0.25) is 14.4 Å². The van der Waals surface area contributed by atoms with E-state index in [1.54, 1.807) is 0 Å². The molecule has 1 aromatic rings. The van der Waals surface area contributed by atoms with E-state index >= 15 is 0 Å². The van der Waals surface area contributed by atoms with Crippen molar-refractivity contribution >= 4 is 35.5 Å². The van der Waals surface area contributed by atoms with Crippen LogP contribution >= 0.6 is 11.8 Å². The standard InChI is InChI=1S/C22H34N4O5S/c1-14(2)11-18(22(30)31)26-21(29)17(9-10-32-3)25-19(27)13-24-20(28)16(23)12-15-7-5-4-6-8-15/h4-8,14,16-18H,9-13,23H2,1-3H3,(H,24,28)(H,25,27)(H,26,29)(H,30,31). The highest BCUT2D eigenvalue weighted by Gasteiger charge is 2.27. The summed E-state index contributed by atoms with van der Waals surface area (Å²) in [6, 6.07) is 6.53. The van der Waals surface area contributed by atoms with Crippen LogP contribution in [0.25, 0.3) is 0 Å². The lowest BCUT2D eigenvalue weighted by Gasteiger charge is -2.22. The Labute approximate surface area is 193 Å². The van der Waals surface area contributed by atoms with Crippen molar-refractivity contribution in [3.8, 4) is 0 Å². The highest BCUT2D eigenvalue weighted by molar-refractivity contribution is 7.98. The van der Waals surface area contributed by atoms with Crippen molar-refractivity contribution in [1.82, 2.24) is 16.0 Å². The fraction of sp³-hybridized carbons (Fsp3) is 0.545. The monoisotopic (exact) mass is 466 g/mol. The number of carbonyl (C=O) groups excluding carboxylic acids is 3. The Morgan fingerprint density at radius 3 is 2.25 bits per heavy atom. The summed E-state index contributed by atoms with van der Waals surface area (Å²) in [6.07, 6.45) is 2.80. The van der Waals surface area contributed by atoms with Gasteiger partial charge in [-0.2, -0.15) is 11.8 Å². The highest BCUT2D eigenvalue weighted by Crippen LogP contribution is 2.07. The number of carboxylic acids is 1. The number of thioether (sulfide) groups is 1. The van der Waals surface area contributed by atoms with E-state index in [-0.39, 0.29) is 18.9 Å². The first kappa shape index (κ1) is 27.4. The van der Waals surface area contributed by atoms with Crippen LogP contribution in [-0.4, -0.2) is 65.5 Å². The number of carboxylic acid groups (broad SMARTS) is 1. The van der Waals surface area contributed by atoms with E-state index in [0.29, 0.717) is 18.6 Å². The van der Waals surface area contributed by atoms with Crippen molar-refractivity contribution in [2.45, 2.75) is 51.2 Å². The summed E-state index contributed by atoms with van der Waals surface area (Å²) < 4.78 is 0. The molecular formula is C22H34N4O5S. The number of hydrogen-bond donors (Lipinski definition) is 5. The third-order valence-electron chi connectivity index (χ3n) is 4.64. The largest absolute Gasteiger partial charge is 0.480 e. The first-order chi connectivity index (χ1) is 15.1. The van der Waals surface area contributed by atoms with Gasteiger partial charge in [-0.05, 0) is 42.8 Å². The molecule has 0 spiro atoms. The van der Waals surface area contributed by atoms with Crippen LogP contribution in [0.2, 0.25) is 0 Å². The molecule has 0 aliphatic carbocycles. The molecule has 32 heavy (non-hydrogen) atoms. The van der Waals surface area contributed by atoms with Crippen LogP contribution in [-0.2, 0) is 25.6 Å². The van der Waals surface area contributed by atoms with Gasteiger partial charge in [-0.15, -0.1) is 0 Å². The first-order valence-electron chi connectivity index (χ1n) is 10.5. The number of aliphatic carboxylic acids is 1. The Hall–Kier alpha value is -2.59. The van der Waals surface area contributed by atoms with Crippen LogP contribution in [0.1, 0.15) is 32.3 Å². The van der Waals surface area contributed by atoms with Crippen molar-refractivity contribution in [1.29, 1.82) is 0 Å². The zero-order chi connectivity index (χ0) is 24.1. The molecule has 3 unspecified atom stereocenters. The number of nitrogens with two attached hydrogens (primary N) is 1. The summed E-state index contributed by atoms with van der Waals surface area (Å²) in [5, 5.41) is 16.9. The third-order valence-corrected chi connectivity index (χ3v) is 5.29. The second-order valence-electron chi connectivity index (χ2n) is 7.94. The van der Waals surface area contributed by atoms with Crippen molar-refractivity contribution in [3.63, 3.8) is 0 Å². The molecule has 6 N–H and O–H groups in total. The molecular weight excluding hydrogens is 432 g/mol. The molecule has 3 atom stereocenters. The molecule has 0 aromatic heterocycles. The summed E-state index contributed by atoms with van der Waals surface area (Å²) in [6.45, 7) is 3.39. The Bertz CT molecular complexity index is 760. The maximum Gasteiger partial charge on any atom is 0.326 e. The molecule has 178 valence electrons. The van der Waals surface area contributed by atoms with Crippen molar-refractivity contribution < 1.29 is 24.3 Å². The van der Waals surface area contributed by atoms with Crippen LogP contribution in [0.4, 0.5) is 0 Å². The van der Waals surface area contributed by atoms with E-state index < -0.39 is 41.8 Å². The van der Waals surface area contributed by atoms with Gasteiger partial charge >= 0.3 is 5.97 Å². The lowest BCUT2D eigenvalue weighted by atomic mass is 10.0. The Morgan fingerprint density at radius 1 is 1.03 bits per heavy atom. The number of nitrogens with one attached hydrogen (secondary N) is 3. The molecule has 0 fully saturated rings. The lowest BCUT2D eigenvalue weighted by Crippen LogP contribution is -2.54. The molecule has 0 saturated carbocycles. The van der Waals surface area contributed by atoms with Crippen LogP contribution in [0, 0.1) is 5.92 Å². The predicted molar refractivity (Wildman–Crippen MR) is 125 cm³/mol. The first-order valence-corrected chi connectivity index (χ1v) is 11.9. The second kappa shape index (κ2) is 14.5. The average Bonchev–Trinajstić information content (AvgIpc) is 2.74. The zero-order valence-electron chi connectivity index (χ0n) is 18.8. The smallest absolute Gasteiger partial charge is 0.326 e. The van der Waals surface area contributed by atoms with Gasteiger partial charge in [-0.25, -0.2) is 4.79 Å². The van der Waals surface area contributed by atoms with Crippen LogP contribution < -0.4 is 21.7 Å². The molecule has 1 aromatic carbocycles. The number of benzene rings is 1. The van der Waals surface area contributed by atoms with Gasteiger partial charge < -0.3 is 26.8 Å². The minimum absolute atomic E-state index is 0.0749. The molecule has 3 amide bonds. The fourth-order valence-corrected chi connectivity index (χ4v) is 3.45. The average molecular weight is 467 g/mol. The van der Waals surface area contributed by atoms with E-state index in [2.05, 4.69) is 16.0 Å². The maximum absolute atomic E-state index is 12.6. The summed E-state index contributed by atoms with van der Waals surface area (Å²) >= 11 is 1.50. The molecule has 0 heterocycles. The minimum Gasteiger partial charge on any atom is -0.480 e. The number of carbonyl (C=O) groups is 4. The maximum atomic E-state index is 12.6. The molecule has 0 aliphatic rings. The number of amides is 3. The molecule has 0 radical (unpaired) electrons. The van der Waals surface area contributed by atoms with Gasteiger partial charge in [0.15, 0.2) is 0 Å². The van der Waals surface area contributed by atoms with Gasteiger partial charge in [-0.1, -0.05) is 44.2 Å². The molecule has 0 saturated heterocycles. The normalized spacial score (nSPS) is 13.7. The van der Waals surface area contributed by atoms with E-state index in [0.717, 1.165) is 5.56 Å². The van der Waals surface area contributed by atoms with E-state index in [1.807, 2.05) is 50.4 Å². The predicted octanol–water partition coefficient (Wildman–Crippen LogP) is 0.526. The molecule has 1 rings (SSSR count). The second-order valence-corrected chi connectivity index (χ2v) is 8.93. The quantitative estimate of drug-likeness (QED) is 0.268. The SMILES string of the molecule is CSCCC(NC(=O)CNC(=O)C(N)Cc1ccccc1)C(=O)NC(CC(C)C)C(=O)O. The fourth-order valence-electron chi connectivity index (χ4n) is 2.97.